The van der Waals surface area contributed by atoms with E-state index < -0.39 is 6.10 Å². The van der Waals surface area contributed by atoms with E-state index in [-0.39, 0.29) is 6.04 Å². The lowest BCUT2D eigenvalue weighted by Crippen LogP contribution is -2.43. The number of guanidine groups is 1. The zero-order chi connectivity index (χ0) is 19.8. The van der Waals surface area contributed by atoms with Crippen molar-refractivity contribution in [1.29, 1.82) is 0 Å². The zero-order valence-electron chi connectivity index (χ0n) is 17.2. The van der Waals surface area contributed by atoms with Crippen LogP contribution in [0.5, 0.6) is 0 Å². The van der Waals surface area contributed by atoms with Crippen molar-refractivity contribution in [2.45, 2.75) is 52.7 Å². The van der Waals surface area contributed by atoms with Gasteiger partial charge in [0.15, 0.2) is 5.96 Å². The molecule has 27 heavy (non-hydrogen) atoms. The molecule has 2 rings (SSSR count). The Morgan fingerprint density at radius 2 is 1.93 bits per heavy atom. The second-order valence-electron chi connectivity index (χ2n) is 7.09. The molecule has 2 aromatic rings. The third-order valence-corrected chi connectivity index (χ3v) is 4.67. The van der Waals surface area contributed by atoms with Crippen LogP contribution in [0.25, 0.3) is 0 Å². The molecule has 0 amide bonds. The van der Waals surface area contributed by atoms with Crippen LogP contribution in [0.1, 0.15) is 36.4 Å². The van der Waals surface area contributed by atoms with Crippen molar-refractivity contribution in [2.75, 3.05) is 13.1 Å². The lowest BCUT2D eigenvalue weighted by molar-refractivity contribution is 0.183. The van der Waals surface area contributed by atoms with Crippen LogP contribution in [0.2, 0.25) is 0 Å². The Bertz CT molecular complexity index is 739. The van der Waals surface area contributed by atoms with Gasteiger partial charge < -0.3 is 15.7 Å². The molecule has 1 aromatic carbocycles. The van der Waals surface area contributed by atoms with Crippen molar-refractivity contribution in [3.8, 4) is 0 Å². The Kier molecular flexibility index (Phi) is 7.85. The first-order valence-electron chi connectivity index (χ1n) is 9.66. The molecule has 0 spiro atoms. The van der Waals surface area contributed by atoms with Gasteiger partial charge in [0.1, 0.15) is 0 Å². The van der Waals surface area contributed by atoms with Gasteiger partial charge in [-0.05, 0) is 45.2 Å². The Morgan fingerprint density at radius 1 is 1.22 bits per heavy atom. The smallest absolute Gasteiger partial charge is 0.191 e. The topological polar surface area (TPSA) is 74.5 Å². The van der Waals surface area contributed by atoms with Crippen LogP contribution in [0, 0.1) is 13.8 Å². The summed E-state index contributed by atoms with van der Waals surface area (Å²) in [5.41, 5.74) is 4.66. The number of aliphatic hydroxyl groups excluding tert-OH is 1. The fraction of sp³-hybridized carbons (Fsp3) is 0.524. The second-order valence-corrected chi connectivity index (χ2v) is 7.09. The quantitative estimate of drug-likeness (QED) is 0.491. The molecule has 0 saturated carbocycles. The Morgan fingerprint density at radius 3 is 2.52 bits per heavy atom. The summed E-state index contributed by atoms with van der Waals surface area (Å²) in [5, 5.41) is 21.5. The largest absolute Gasteiger partial charge is 0.391 e. The number of rotatable bonds is 8. The van der Waals surface area contributed by atoms with Gasteiger partial charge in [-0.3, -0.25) is 9.67 Å². The van der Waals surface area contributed by atoms with Gasteiger partial charge in [-0.1, -0.05) is 30.3 Å². The summed E-state index contributed by atoms with van der Waals surface area (Å²) in [5.74, 6) is 0.733. The molecule has 0 aliphatic heterocycles. The summed E-state index contributed by atoms with van der Waals surface area (Å²) < 4.78 is 1.93. The van der Waals surface area contributed by atoms with Crippen LogP contribution in [0.15, 0.2) is 35.3 Å². The monoisotopic (exact) mass is 371 g/mol. The molecule has 2 unspecified atom stereocenters. The highest BCUT2D eigenvalue weighted by Crippen LogP contribution is 2.14. The maximum absolute atomic E-state index is 10.3. The molecule has 6 nitrogen and oxygen atoms in total. The van der Waals surface area contributed by atoms with Crippen LogP contribution in [-0.2, 0) is 19.9 Å². The van der Waals surface area contributed by atoms with Gasteiger partial charge in [-0.25, -0.2) is 0 Å². The SMILES string of the molecule is CCNC(=NCC(O)Cc1ccccc1)NC(C)Cc1c(C)nn(C)c1C. The third kappa shape index (κ3) is 6.40. The summed E-state index contributed by atoms with van der Waals surface area (Å²) in [6.07, 6.45) is 0.983. The summed E-state index contributed by atoms with van der Waals surface area (Å²) >= 11 is 0. The Balaban J connectivity index is 1.93. The molecule has 6 heteroatoms. The minimum Gasteiger partial charge on any atom is -0.391 e. The predicted molar refractivity (Wildman–Crippen MR) is 111 cm³/mol. The van der Waals surface area contributed by atoms with E-state index in [0.29, 0.717) is 13.0 Å². The molecule has 0 fully saturated rings. The van der Waals surface area contributed by atoms with Gasteiger partial charge in [0.05, 0.1) is 18.3 Å². The standard InChI is InChI=1S/C21H33N5O/c1-6-22-21(23-14-19(27)13-18-10-8-7-9-11-18)24-15(2)12-20-16(3)25-26(5)17(20)4/h7-11,15,19,27H,6,12-14H2,1-5H3,(H2,22,23,24). The lowest BCUT2D eigenvalue weighted by atomic mass is 10.1. The first-order chi connectivity index (χ1) is 12.9. The maximum Gasteiger partial charge on any atom is 0.191 e. The van der Waals surface area contributed by atoms with Gasteiger partial charge >= 0.3 is 0 Å². The van der Waals surface area contributed by atoms with E-state index in [0.717, 1.165) is 30.2 Å². The number of aromatic nitrogens is 2. The molecule has 1 aromatic heterocycles. The highest BCUT2D eigenvalue weighted by atomic mass is 16.3. The molecule has 0 radical (unpaired) electrons. The maximum atomic E-state index is 10.3. The van der Waals surface area contributed by atoms with Gasteiger partial charge in [0, 0.05) is 31.7 Å². The zero-order valence-corrected chi connectivity index (χ0v) is 17.2. The molecular weight excluding hydrogens is 338 g/mol. The number of aliphatic hydroxyl groups is 1. The Hall–Kier alpha value is -2.34. The van der Waals surface area contributed by atoms with Crippen molar-refractivity contribution in [1.82, 2.24) is 20.4 Å². The minimum atomic E-state index is -0.499. The van der Waals surface area contributed by atoms with E-state index in [2.05, 4.69) is 34.6 Å². The van der Waals surface area contributed by atoms with E-state index in [4.69, 9.17) is 0 Å². The van der Waals surface area contributed by atoms with Gasteiger partial charge in [0.25, 0.3) is 0 Å². The van der Waals surface area contributed by atoms with Crippen molar-refractivity contribution in [2.24, 2.45) is 12.0 Å². The molecule has 0 bridgehead atoms. The second kappa shape index (κ2) is 10.1. The fourth-order valence-corrected chi connectivity index (χ4v) is 3.17. The molecule has 2 atom stereocenters. The molecule has 1 heterocycles. The fourth-order valence-electron chi connectivity index (χ4n) is 3.17. The van der Waals surface area contributed by atoms with Gasteiger partial charge in [0.2, 0.25) is 0 Å². The van der Waals surface area contributed by atoms with Gasteiger partial charge in [-0.15, -0.1) is 0 Å². The number of hydrogen-bond acceptors (Lipinski definition) is 3. The van der Waals surface area contributed by atoms with Crippen LogP contribution in [-0.4, -0.2) is 46.1 Å². The summed E-state index contributed by atoms with van der Waals surface area (Å²) in [4.78, 5) is 4.56. The number of aryl methyl sites for hydroxylation is 2. The summed E-state index contributed by atoms with van der Waals surface area (Å²) in [6.45, 7) is 9.46. The predicted octanol–water partition coefficient (Wildman–Crippen LogP) is 2.13. The number of aliphatic imine (C=N–C) groups is 1. The lowest BCUT2D eigenvalue weighted by Gasteiger charge is -2.19. The van der Waals surface area contributed by atoms with Crippen molar-refractivity contribution < 1.29 is 5.11 Å². The van der Waals surface area contributed by atoms with Crippen LogP contribution >= 0.6 is 0 Å². The molecule has 148 valence electrons. The first kappa shape index (κ1) is 21.0. The average molecular weight is 372 g/mol. The average Bonchev–Trinajstić information content (AvgIpc) is 2.87. The van der Waals surface area contributed by atoms with Crippen LogP contribution in [0.4, 0.5) is 0 Å². The van der Waals surface area contributed by atoms with Crippen molar-refractivity contribution >= 4 is 5.96 Å². The van der Waals surface area contributed by atoms with E-state index >= 15 is 0 Å². The number of hydrogen-bond donors (Lipinski definition) is 3. The molecule has 0 saturated heterocycles. The van der Waals surface area contributed by atoms with Crippen molar-refractivity contribution in [3.05, 3.63) is 52.8 Å². The minimum absolute atomic E-state index is 0.204. The number of nitrogens with zero attached hydrogens (tertiary/aromatic N) is 3. The highest BCUT2D eigenvalue weighted by Gasteiger charge is 2.14. The molecule has 0 aliphatic rings. The first-order valence-corrected chi connectivity index (χ1v) is 9.66. The van der Waals surface area contributed by atoms with Crippen LogP contribution in [0.3, 0.4) is 0 Å². The van der Waals surface area contributed by atoms with E-state index in [9.17, 15) is 5.11 Å². The van der Waals surface area contributed by atoms with E-state index in [1.807, 2.05) is 55.9 Å². The number of nitrogens with one attached hydrogen (secondary N) is 2. The molecule has 3 N–H and O–H groups in total. The van der Waals surface area contributed by atoms with E-state index in [1.165, 1.54) is 11.3 Å². The Labute approximate surface area is 162 Å². The summed E-state index contributed by atoms with van der Waals surface area (Å²) in [6, 6.07) is 10.2. The number of benzene rings is 1. The molecule has 0 aliphatic carbocycles. The summed E-state index contributed by atoms with van der Waals surface area (Å²) in [7, 11) is 1.98. The normalized spacial score (nSPS) is 14.1. The molecular formula is C21H33N5O. The van der Waals surface area contributed by atoms with Crippen LogP contribution < -0.4 is 10.6 Å². The van der Waals surface area contributed by atoms with Gasteiger partial charge in [-0.2, -0.15) is 5.10 Å². The third-order valence-electron chi connectivity index (χ3n) is 4.67. The van der Waals surface area contributed by atoms with Crippen molar-refractivity contribution in [3.63, 3.8) is 0 Å². The highest BCUT2D eigenvalue weighted by molar-refractivity contribution is 5.80. The van der Waals surface area contributed by atoms with E-state index in [1.54, 1.807) is 0 Å².